The van der Waals surface area contributed by atoms with Crippen LogP contribution in [-0.2, 0) is 9.53 Å². The van der Waals surface area contributed by atoms with Crippen LogP contribution in [0.2, 0.25) is 0 Å². The number of hydrogen-bond donors (Lipinski definition) is 0. The Bertz CT molecular complexity index is 121. The third-order valence-electron chi connectivity index (χ3n) is 1.76. The molecular weight excluding hydrogens is 196 g/mol. The van der Waals surface area contributed by atoms with Crippen molar-refractivity contribution in [3.63, 3.8) is 0 Å². The quantitative estimate of drug-likeness (QED) is 0.520. The Hall–Kier alpha value is -0.0500. The molecule has 0 radical (unpaired) electrons. The van der Waals surface area contributed by atoms with Crippen LogP contribution in [0.4, 0.5) is 0 Å². The molecule has 0 aliphatic heterocycles. The molecule has 0 aromatic heterocycles. The summed E-state index contributed by atoms with van der Waals surface area (Å²) in [6.45, 7) is 0.509. The lowest BCUT2D eigenvalue weighted by molar-refractivity contribution is -0.150. The summed E-state index contributed by atoms with van der Waals surface area (Å²) in [7, 11) is 0. The summed E-state index contributed by atoms with van der Waals surface area (Å²) >= 11 is 3.19. The molecule has 0 saturated heterocycles. The van der Waals surface area contributed by atoms with Gasteiger partial charge in [0.05, 0.1) is 5.92 Å². The number of alkyl halides is 1. The average Bonchev–Trinajstić information content (AvgIpc) is 1.79. The van der Waals surface area contributed by atoms with Crippen LogP contribution in [-0.4, -0.2) is 17.9 Å². The maximum Gasteiger partial charge on any atom is 0.308 e. The molecule has 1 aliphatic carbocycles. The SMILES string of the molecule is O=C(OCCBr)C1CCC1. The molecule has 0 bridgehead atoms. The average molecular weight is 207 g/mol. The molecule has 1 saturated carbocycles. The fraction of sp³-hybridized carbons (Fsp3) is 0.857. The van der Waals surface area contributed by atoms with E-state index in [1.165, 1.54) is 6.42 Å². The van der Waals surface area contributed by atoms with Gasteiger partial charge in [-0.05, 0) is 12.8 Å². The highest BCUT2D eigenvalue weighted by Gasteiger charge is 2.26. The zero-order valence-electron chi connectivity index (χ0n) is 5.81. The van der Waals surface area contributed by atoms with Gasteiger partial charge in [-0.3, -0.25) is 4.79 Å². The van der Waals surface area contributed by atoms with E-state index >= 15 is 0 Å². The van der Waals surface area contributed by atoms with Gasteiger partial charge in [0.25, 0.3) is 0 Å². The van der Waals surface area contributed by atoms with Gasteiger partial charge < -0.3 is 4.74 Å². The van der Waals surface area contributed by atoms with E-state index in [0.717, 1.165) is 18.2 Å². The van der Waals surface area contributed by atoms with Gasteiger partial charge in [0, 0.05) is 5.33 Å². The molecule has 0 amide bonds. The van der Waals surface area contributed by atoms with E-state index in [-0.39, 0.29) is 11.9 Å². The van der Waals surface area contributed by atoms with Crippen LogP contribution < -0.4 is 0 Å². The van der Waals surface area contributed by atoms with E-state index in [1.54, 1.807) is 0 Å². The van der Waals surface area contributed by atoms with E-state index in [0.29, 0.717) is 6.61 Å². The largest absolute Gasteiger partial charge is 0.465 e. The van der Waals surface area contributed by atoms with E-state index in [1.807, 2.05) is 0 Å². The minimum absolute atomic E-state index is 0.00861. The van der Waals surface area contributed by atoms with E-state index < -0.39 is 0 Å². The van der Waals surface area contributed by atoms with Crippen LogP contribution in [0.3, 0.4) is 0 Å². The molecule has 0 N–H and O–H groups in total. The smallest absolute Gasteiger partial charge is 0.308 e. The number of esters is 1. The summed E-state index contributed by atoms with van der Waals surface area (Å²) in [6.07, 6.45) is 3.25. The molecule has 0 heterocycles. The van der Waals surface area contributed by atoms with Crippen molar-refractivity contribution in [2.24, 2.45) is 5.92 Å². The summed E-state index contributed by atoms with van der Waals surface area (Å²) in [6, 6.07) is 0. The third-order valence-corrected chi connectivity index (χ3v) is 2.08. The number of hydrogen-bond acceptors (Lipinski definition) is 2. The van der Waals surface area contributed by atoms with Crippen molar-refractivity contribution in [3.8, 4) is 0 Å². The first-order chi connectivity index (χ1) is 4.84. The van der Waals surface area contributed by atoms with Gasteiger partial charge in [0.15, 0.2) is 0 Å². The van der Waals surface area contributed by atoms with Crippen molar-refractivity contribution in [2.45, 2.75) is 19.3 Å². The van der Waals surface area contributed by atoms with Crippen molar-refractivity contribution in [1.82, 2.24) is 0 Å². The summed E-state index contributed by atoms with van der Waals surface area (Å²) in [5.74, 6) is 0.213. The minimum Gasteiger partial charge on any atom is -0.465 e. The van der Waals surface area contributed by atoms with Gasteiger partial charge in [-0.15, -0.1) is 0 Å². The molecule has 1 fully saturated rings. The highest BCUT2D eigenvalue weighted by atomic mass is 79.9. The molecular formula is C7H11BrO2. The van der Waals surface area contributed by atoms with Gasteiger partial charge in [-0.2, -0.15) is 0 Å². The Balaban J connectivity index is 2.08. The van der Waals surface area contributed by atoms with Crippen LogP contribution in [0.15, 0.2) is 0 Å². The van der Waals surface area contributed by atoms with Crippen molar-refractivity contribution < 1.29 is 9.53 Å². The minimum atomic E-state index is -0.00861. The first-order valence-corrected chi connectivity index (χ1v) is 4.69. The Morgan fingerprint density at radius 3 is 2.70 bits per heavy atom. The lowest BCUT2D eigenvalue weighted by Crippen LogP contribution is -2.24. The van der Waals surface area contributed by atoms with Crippen molar-refractivity contribution >= 4 is 21.9 Å². The topological polar surface area (TPSA) is 26.3 Å². The molecule has 0 unspecified atom stereocenters. The summed E-state index contributed by atoms with van der Waals surface area (Å²) in [5, 5.41) is 0.742. The summed E-state index contributed by atoms with van der Waals surface area (Å²) < 4.78 is 4.91. The highest BCUT2D eigenvalue weighted by Crippen LogP contribution is 2.27. The lowest BCUT2D eigenvalue weighted by Gasteiger charge is -2.22. The molecule has 0 atom stereocenters. The lowest BCUT2D eigenvalue weighted by atomic mass is 9.86. The number of rotatable bonds is 3. The number of carbonyl (C=O) groups excluding carboxylic acids is 1. The first-order valence-electron chi connectivity index (χ1n) is 3.57. The zero-order chi connectivity index (χ0) is 7.40. The molecule has 2 nitrogen and oxygen atoms in total. The van der Waals surface area contributed by atoms with E-state index in [4.69, 9.17) is 4.74 Å². The van der Waals surface area contributed by atoms with Crippen molar-refractivity contribution in [2.75, 3.05) is 11.9 Å². The second kappa shape index (κ2) is 3.96. The van der Waals surface area contributed by atoms with Gasteiger partial charge in [-0.25, -0.2) is 0 Å². The number of halogens is 1. The standard InChI is InChI=1S/C7H11BrO2/c8-4-5-10-7(9)6-2-1-3-6/h6H,1-5H2. The maximum absolute atomic E-state index is 10.9. The van der Waals surface area contributed by atoms with Gasteiger partial charge in [0.2, 0.25) is 0 Å². The predicted octanol–water partition coefficient (Wildman–Crippen LogP) is 1.72. The first kappa shape index (κ1) is 8.05. The second-order valence-electron chi connectivity index (χ2n) is 2.48. The zero-order valence-corrected chi connectivity index (χ0v) is 7.39. The molecule has 3 heteroatoms. The van der Waals surface area contributed by atoms with Crippen LogP contribution in [0.1, 0.15) is 19.3 Å². The molecule has 58 valence electrons. The monoisotopic (exact) mass is 206 g/mol. The Morgan fingerprint density at radius 1 is 1.60 bits per heavy atom. The Morgan fingerprint density at radius 2 is 2.30 bits per heavy atom. The van der Waals surface area contributed by atoms with Crippen LogP contribution in [0.25, 0.3) is 0 Å². The Labute approximate surface area is 69.1 Å². The van der Waals surface area contributed by atoms with Crippen LogP contribution in [0.5, 0.6) is 0 Å². The molecule has 1 rings (SSSR count). The fourth-order valence-electron chi connectivity index (χ4n) is 0.901. The number of carbonyl (C=O) groups is 1. The summed E-state index contributed by atoms with van der Waals surface area (Å²) in [4.78, 5) is 10.9. The van der Waals surface area contributed by atoms with Crippen LogP contribution >= 0.6 is 15.9 Å². The Kier molecular flexibility index (Phi) is 3.19. The van der Waals surface area contributed by atoms with Crippen LogP contribution in [0, 0.1) is 5.92 Å². The fourth-order valence-corrected chi connectivity index (χ4v) is 1.06. The molecule has 0 spiro atoms. The second-order valence-corrected chi connectivity index (χ2v) is 3.28. The van der Waals surface area contributed by atoms with E-state index in [2.05, 4.69) is 15.9 Å². The normalized spacial score (nSPS) is 18.1. The van der Waals surface area contributed by atoms with Crippen molar-refractivity contribution in [1.29, 1.82) is 0 Å². The molecule has 0 aromatic rings. The molecule has 1 aliphatic rings. The van der Waals surface area contributed by atoms with Gasteiger partial charge in [0.1, 0.15) is 6.61 Å². The summed E-state index contributed by atoms with van der Waals surface area (Å²) in [5.41, 5.74) is 0. The van der Waals surface area contributed by atoms with Gasteiger partial charge >= 0.3 is 5.97 Å². The maximum atomic E-state index is 10.9. The third kappa shape index (κ3) is 1.97. The van der Waals surface area contributed by atoms with E-state index in [9.17, 15) is 4.79 Å². The molecule has 10 heavy (non-hydrogen) atoms. The molecule has 0 aromatic carbocycles. The highest BCUT2D eigenvalue weighted by molar-refractivity contribution is 9.09. The predicted molar refractivity (Wildman–Crippen MR) is 42.1 cm³/mol. The van der Waals surface area contributed by atoms with Crippen molar-refractivity contribution in [3.05, 3.63) is 0 Å². The van der Waals surface area contributed by atoms with Gasteiger partial charge in [-0.1, -0.05) is 22.4 Å². The number of ether oxygens (including phenoxy) is 1.